The van der Waals surface area contributed by atoms with Gasteiger partial charge in [0.1, 0.15) is 12.4 Å². The van der Waals surface area contributed by atoms with E-state index in [0.717, 1.165) is 41.3 Å². The summed E-state index contributed by atoms with van der Waals surface area (Å²) >= 11 is 0. The molecule has 1 saturated carbocycles. The molecule has 1 aliphatic carbocycles. The summed E-state index contributed by atoms with van der Waals surface area (Å²) in [6.07, 6.45) is 4.27. The van der Waals surface area contributed by atoms with Crippen molar-refractivity contribution in [3.63, 3.8) is 0 Å². The van der Waals surface area contributed by atoms with Crippen molar-refractivity contribution in [2.24, 2.45) is 24.6 Å². The molecule has 254 valence electrons. The van der Waals surface area contributed by atoms with Gasteiger partial charge in [-0.15, -0.1) is 0 Å². The van der Waals surface area contributed by atoms with Gasteiger partial charge >= 0.3 is 5.97 Å². The lowest BCUT2D eigenvalue weighted by atomic mass is 9.78. The van der Waals surface area contributed by atoms with E-state index in [1.165, 1.54) is 0 Å². The van der Waals surface area contributed by atoms with Crippen molar-refractivity contribution < 1.29 is 33.0 Å². The van der Waals surface area contributed by atoms with Crippen molar-refractivity contribution in [1.29, 1.82) is 0 Å². The Balaban J connectivity index is 1.28. The first-order chi connectivity index (χ1) is 22.8. The molecular weight excluding hydrogens is 601 g/mol. The normalized spacial score (nSPS) is 22.0. The molecule has 1 saturated heterocycles. The molecular formula is C37H48FN3O6. The molecule has 2 aromatic carbocycles. The topological polar surface area (TPSA) is 113 Å². The van der Waals surface area contributed by atoms with Gasteiger partial charge in [-0.2, -0.15) is 0 Å². The highest BCUT2D eigenvalue weighted by Gasteiger charge is 2.44. The molecule has 3 atom stereocenters. The lowest BCUT2D eigenvalue weighted by Crippen LogP contribution is -2.47. The third kappa shape index (κ3) is 8.28. The number of amides is 1. The molecule has 2 aliphatic rings. The zero-order valence-electron chi connectivity index (χ0n) is 27.6. The van der Waals surface area contributed by atoms with E-state index in [4.69, 9.17) is 19.9 Å². The van der Waals surface area contributed by atoms with Crippen LogP contribution in [0.15, 0.2) is 54.6 Å². The second-order valence-corrected chi connectivity index (χ2v) is 12.9. The number of ether oxygens (including phenoxy) is 3. The highest BCUT2D eigenvalue weighted by Crippen LogP contribution is 2.39. The van der Waals surface area contributed by atoms with E-state index in [2.05, 4.69) is 0 Å². The number of aryl methyl sites for hydroxylation is 1. The highest BCUT2D eigenvalue weighted by molar-refractivity contribution is 5.97. The lowest BCUT2D eigenvalue weighted by molar-refractivity contribution is -0.142. The molecule has 3 aromatic rings. The summed E-state index contributed by atoms with van der Waals surface area (Å²) in [5.41, 5.74) is 9.14. The second kappa shape index (κ2) is 16.5. The van der Waals surface area contributed by atoms with Crippen LogP contribution in [0.4, 0.5) is 4.39 Å². The first-order valence-corrected chi connectivity index (χ1v) is 16.8. The molecule has 0 radical (unpaired) electrons. The molecule has 1 aromatic heterocycles. The van der Waals surface area contributed by atoms with Gasteiger partial charge in [0, 0.05) is 68.9 Å². The number of likely N-dealkylation sites (tertiary alicyclic amines) is 1. The quantitative estimate of drug-likeness (QED) is 0.182. The van der Waals surface area contributed by atoms with Gasteiger partial charge in [0.2, 0.25) is 5.91 Å². The van der Waals surface area contributed by atoms with Gasteiger partial charge in [0.15, 0.2) is 5.78 Å². The molecule has 1 amide bonds. The van der Waals surface area contributed by atoms with Crippen molar-refractivity contribution >= 4 is 28.6 Å². The first-order valence-electron chi connectivity index (χ1n) is 16.8. The molecule has 2 N–H and O–H groups in total. The van der Waals surface area contributed by atoms with Crippen molar-refractivity contribution in [3.05, 3.63) is 71.4 Å². The van der Waals surface area contributed by atoms with Gasteiger partial charge in [-0.05, 0) is 67.3 Å². The molecule has 0 spiro atoms. The third-order valence-corrected chi connectivity index (χ3v) is 9.94. The zero-order valence-corrected chi connectivity index (χ0v) is 27.6. The minimum atomic E-state index is -0.564. The number of hydrogen-bond donors (Lipinski definition) is 1. The van der Waals surface area contributed by atoms with Crippen molar-refractivity contribution in [1.82, 2.24) is 9.47 Å². The number of nitrogens with zero attached hydrogens (tertiary/aromatic N) is 2. The van der Waals surface area contributed by atoms with Crippen LogP contribution in [0.25, 0.3) is 10.9 Å². The first kappa shape index (κ1) is 34.7. The number of halogens is 1. The van der Waals surface area contributed by atoms with Gasteiger partial charge in [-0.1, -0.05) is 36.4 Å². The molecule has 47 heavy (non-hydrogen) atoms. The second-order valence-electron chi connectivity index (χ2n) is 12.9. The molecule has 5 rings (SSSR count). The van der Waals surface area contributed by atoms with Crippen LogP contribution in [0.1, 0.15) is 66.1 Å². The average Bonchev–Trinajstić information content (AvgIpc) is 3.69. The summed E-state index contributed by atoms with van der Waals surface area (Å²) in [5, 5.41) is 0.842. The third-order valence-electron chi connectivity index (χ3n) is 9.94. The maximum atomic E-state index is 14.2. The molecule has 0 unspecified atom stereocenters. The van der Waals surface area contributed by atoms with Gasteiger partial charge in [-0.25, -0.2) is 9.18 Å². The summed E-state index contributed by atoms with van der Waals surface area (Å²) in [4.78, 5) is 42.8. The number of esters is 1. The zero-order chi connectivity index (χ0) is 33.3. The number of rotatable bonds is 15. The molecule has 2 heterocycles. The number of nitrogens with two attached hydrogens (primary N) is 1. The average molecular weight is 650 g/mol. The highest BCUT2D eigenvalue weighted by atomic mass is 19.1. The van der Waals surface area contributed by atoms with Crippen LogP contribution in [0.3, 0.4) is 0 Å². The fraction of sp³-hybridized carbons (Fsp3) is 0.541. The number of aromatic nitrogens is 1. The summed E-state index contributed by atoms with van der Waals surface area (Å²) in [7, 11) is 3.44. The maximum absolute atomic E-state index is 14.2. The summed E-state index contributed by atoms with van der Waals surface area (Å²) in [5.74, 6) is -0.554. The Labute approximate surface area is 276 Å². The number of carbonyl (C=O) groups excluding carboxylic acids is 3. The predicted molar refractivity (Wildman–Crippen MR) is 178 cm³/mol. The number of benzene rings is 2. The number of carbonyl (C=O) groups is 3. The Kier molecular flexibility index (Phi) is 12.2. The number of alkyl halides is 1. The van der Waals surface area contributed by atoms with E-state index in [0.29, 0.717) is 51.3 Å². The lowest BCUT2D eigenvalue weighted by Gasteiger charge is -2.35. The van der Waals surface area contributed by atoms with Crippen LogP contribution in [-0.4, -0.2) is 86.0 Å². The van der Waals surface area contributed by atoms with Crippen molar-refractivity contribution in [2.75, 3.05) is 46.8 Å². The van der Waals surface area contributed by atoms with Crippen LogP contribution in [-0.2, 0) is 37.3 Å². The number of ketones is 1. The van der Waals surface area contributed by atoms with Gasteiger partial charge in [0.05, 0.1) is 25.9 Å². The van der Waals surface area contributed by atoms with E-state index in [1.54, 1.807) is 17.7 Å². The maximum Gasteiger partial charge on any atom is 0.354 e. The number of Topliss-reactive ketones (excluding diaryl/α,β-unsaturated/α-hetero) is 1. The molecule has 0 bridgehead atoms. The van der Waals surface area contributed by atoms with E-state index in [-0.39, 0.29) is 42.5 Å². The number of fused-ring (bicyclic) bond motifs is 1. The Bertz CT molecular complexity index is 1500. The van der Waals surface area contributed by atoms with Crippen LogP contribution in [0, 0.1) is 11.8 Å². The predicted octanol–water partition coefficient (Wildman–Crippen LogP) is 4.99. The molecule has 9 nitrogen and oxygen atoms in total. The van der Waals surface area contributed by atoms with Gasteiger partial charge < -0.3 is 29.4 Å². The van der Waals surface area contributed by atoms with Gasteiger partial charge in [-0.3, -0.25) is 9.59 Å². The van der Waals surface area contributed by atoms with E-state index in [9.17, 15) is 18.8 Å². The molecule has 1 aliphatic heterocycles. The van der Waals surface area contributed by atoms with Crippen LogP contribution >= 0.6 is 0 Å². The monoisotopic (exact) mass is 649 g/mol. The van der Waals surface area contributed by atoms with Crippen molar-refractivity contribution in [2.45, 2.75) is 62.9 Å². The smallest absolute Gasteiger partial charge is 0.354 e. The largest absolute Gasteiger partial charge is 0.461 e. The summed E-state index contributed by atoms with van der Waals surface area (Å²) < 4.78 is 30.8. The minimum absolute atomic E-state index is 0.000438. The summed E-state index contributed by atoms with van der Waals surface area (Å²) in [6, 6.07) is 16.5. The van der Waals surface area contributed by atoms with E-state index < -0.39 is 24.7 Å². The standard InChI is InChI=1S/C37H48FN3O6/c1-40-32-14-9-25(21-29(32)23-33(40)37(44)47-18-6-17-46-20-19-45-2)22-34(42)35-30(26-7-4-3-5-8-26)15-16-41(35)36(43)28-12-10-27(11-13-28)31(39)24-38/h3-5,7-9,14,21,23,27-28,30-31,35H,6,10-13,15-20,22,24,39H2,1-2H3/t27?,28?,30-,31-,35+/m1/s1. The molecule has 10 heteroatoms. The fourth-order valence-corrected chi connectivity index (χ4v) is 7.30. The SMILES string of the molecule is COCCOCCCOC(=O)c1cc2cc(CC(=O)[C@@H]3[C@@H](c4ccccc4)CCN3C(=O)C3CCC([C@H](N)CF)CC3)ccc2n1C. The minimum Gasteiger partial charge on any atom is -0.461 e. The Morgan fingerprint density at radius 1 is 0.957 bits per heavy atom. The fourth-order valence-electron chi connectivity index (χ4n) is 7.30. The van der Waals surface area contributed by atoms with Crippen LogP contribution in [0.5, 0.6) is 0 Å². The van der Waals surface area contributed by atoms with Crippen molar-refractivity contribution in [3.8, 4) is 0 Å². The number of hydrogen-bond acceptors (Lipinski definition) is 7. The van der Waals surface area contributed by atoms with Crippen LogP contribution in [0.2, 0.25) is 0 Å². The van der Waals surface area contributed by atoms with Crippen LogP contribution < -0.4 is 5.73 Å². The Morgan fingerprint density at radius 2 is 1.72 bits per heavy atom. The number of methoxy groups -OCH3 is 1. The molecule has 2 fully saturated rings. The van der Waals surface area contributed by atoms with E-state index >= 15 is 0 Å². The Morgan fingerprint density at radius 3 is 2.45 bits per heavy atom. The van der Waals surface area contributed by atoms with Gasteiger partial charge in [0.25, 0.3) is 0 Å². The van der Waals surface area contributed by atoms with E-state index in [1.807, 2.05) is 60.5 Å². The Hall–Kier alpha value is -3.60. The summed E-state index contributed by atoms with van der Waals surface area (Å²) in [6.45, 7) is 1.74.